The zero-order chi connectivity index (χ0) is 13.2. The third kappa shape index (κ3) is 2.65. The topological polar surface area (TPSA) is 36.1 Å². The Kier molecular flexibility index (Phi) is 3.28. The molecule has 100 valence electrons. The predicted molar refractivity (Wildman–Crippen MR) is 77.0 cm³/mol. The highest BCUT2D eigenvalue weighted by Gasteiger charge is 2.20. The molecular weight excluding hydrogens is 236 g/mol. The molecule has 3 rings (SSSR count). The molecule has 0 aliphatic carbocycles. The molecule has 0 bridgehead atoms. The number of hydrogen-bond donors (Lipinski definition) is 1. The Labute approximate surface area is 113 Å². The summed E-state index contributed by atoms with van der Waals surface area (Å²) in [6, 6.07) is 8.26. The lowest BCUT2D eigenvalue weighted by Gasteiger charge is -2.30. The molecule has 19 heavy (non-hydrogen) atoms. The number of carbonyl (C=O) groups is 1. The summed E-state index contributed by atoms with van der Waals surface area (Å²) in [6.07, 6.45) is 4.73. The van der Waals surface area contributed by atoms with Gasteiger partial charge in [-0.25, -0.2) is 0 Å². The monoisotopic (exact) mass is 256 g/mol. The molecule has 1 aliphatic rings. The first-order chi connectivity index (χ1) is 9.22. The van der Waals surface area contributed by atoms with Crippen molar-refractivity contribution in [3.05, 3.63) is 36.0 Å². The van der Waals surface area contributed by atoms with Gasteiger partial charge in [-0.05, 0) is 41.8 Å². The summed E-state index contributed by atoms with van der Waals surface area (Å²) in [4.78, 5) is 17.5. The Morgan fingerprint density at radius 2 is 2.11 bits per heavy atom. The van der Waals surface area contributed by atoms with E-state index in [9.17, 15) is 4.79 Å². The number of nitrogens with one attached hydrogen (secondary N) is 1. The maximum absolute atomic E-state index is 12.3. The fourth-order valence-electron chi connectivity index (χ4n) is 2.75. The first-order valence-electron chi connectivity index (χ1n) is 7.06. The van der Waals surface area contributed by atoms with E-state index in [-0.39, 0.29) is 5.91 Å². The summed E-state index contributed by atoms with van der Waals surface area (Å²) in [5.41, 5.74) is 2.20. The molecule has 0 spiro atoms. The van der Waals surface area contributed by atoms with Crippen LogP contribution in [-0.4, -0.2) is 28.9 Å². The Bertz CT molecular complexity index is 579. The smallest absolute Gasteiger partial charge is 0.226 e. The average Bonchev–Trinajstić information content (AvgIpc) is 2.87. The van der Waals surface area contributed by atoms with Crippen molar-refractivity contribution in [2.24, 2.45) is 5.92 Å². The van der Waals surface area contributed by atoms with Crippen LogP contribution in [0.1, 0.15) is 25.3 Å². The number of aromatic nitrogens is 1. The summed E-state index contributed by atoms with van der Waals surface area (Å²) in [5.74, 6) is 1.03. The largest absolute Gasteiger partial charge is 0.361 e. The van der Waals surface area contributed by atoms with Gasteiger partial charge in [0.25, 0.3) is 0 Å². The van der Waals surface area contributed by atoms with E-state index in [1.807, 2.05) is 17.2 Å². The van der Waals surface area contributed by atoms with Gasteiger partial charge in [0.05, 0.1) is 6.42 Å². The number of aromatic amines is 1. The molecule has 0 unspecified atom stereocenters. The lowest BCUT2D eigenvalue weighted by molar-refractivity contribution is -0.131. The number of H-pyrrole nitrogens is 1. The highest BCUT2D eigenvalue weighted by Crippen LogP contribution is 2.18. The fraction of sp³-hybridized carbons (Fsp3) is 0.438. The van der Waals surface area contributed by atoms with Crippen LogP contribution in [0.4, 0.5) is 0 Å². The molecule has 1 aromatic heterocycles. The molecule has 0 atom stereocenters. The van der Waals surface area contributed by atoms with E-state index in [4.69, 9.17) is 0 Å². The van der Waals surface area contributed by atoms with Gasteiger partial charge in [-0.3, -0.25) is 4.79 Å². The zero-order valence-electron chi connectivity index (χ0n) is 11.4. The molecule has 2 aromatic rings. The van der Waals surface area contributed by atoms with Gasteiger partial charge < -0.3 is 9.88 Å². The second-order valence-electron chi connectivity index (χ2n) is 5.64. The number of nitrogens with zero attached hydrogens (tertiary/aromatic N) is 1. The number of amides is 1. The third-order valence-electron chi connectivity index (χ3n) is 4.11. The molecule has 1 aromatic carbocycles. The number of rotatable bonds is 2. The minimum Gasteiger partial charge on any atom is -0.361 e. The van der Waals surface area contributed by atoms with Crippen LogP contribution in [0.2, 0.25) is 0 Å². The van der Waals surface area contributed by atoms with E-state index in [1.54, 1.807) is 0 Å². The van der Waals surface area contributed by atoms with E-state index in [0.717, 1.165) is 42.9 Å². The highest BCUT2D eigenvalue weighted by molar-refractivity contribution is 5.83. The van der Waals surface area contributed by atoms with Crippen molar-refractivity contribution in [3.8, 4) is 0 Å². The van der Waals surface area contributed by atoms with Crippen LogP contribution in [0.3, 0.4) is 0 Å². The van der Waals surface area contributed by atoms with Crippen LogP contribution in [0.15, 0.2) is 30.5 Å². The Hall–Kier alpha value is -1.77. The maximum Gasteiger partial charge on any atom is 0.226 e. The van der Waals surface area contributed by atoms with Crippen LogP contribution in [0, 0.1) is 5.92 Å². The molecule has 1 saturated heterocycles. The minimum atomic E-state index is 0.262. The number of likely N-dealkylation sites (tertiary alicyclic amines) is 1. The molecule has 0 saturated carbocycles. The SMILES string of the molecule is CC1CCN(C(=O)Cc2ccc3cc[nH]c3c2)CC1. The summed E-state index contributed by atoms with van der Waals surface area (Å²) in [6.45, 7) is 4.11. The summed E-state index contributed by atoms with van der Waals surface area (Å²) >= 11 is 0. The van der Waals surface area contributed by atoms with Crippen molar-refractivity contribution in [3.63, 3.8) is 0 Å². The number of fused-ring (bicyclic) bond motifs is 1. The molecule has 1 fully saturated rings. The van der Waals surface area contributed by atoms with Gasteiger partial charge in [0, 0.05) is 24.8 Å². The van der Waals surface area contributed by atoms with E-state index < -0.39 is 0 Å². The molecule has 3 heteroatoms. The number of hydrogen-bond acceptors (Lipinski definition) is 1. The van der Waals surface area contributed by atoms with Gasteiger partial charge in [-0.2, -0.15) is 0 Å². The van der Waals surface area contributed by atoms with Crippen molar-refractivity contribution >= 4 is 16.8 Å². The van der Waals surface area contributed by atoms with Crippen molar-refractivity contribution in [1.29, 1.82) is 0 Å². The van der Waals surface area contributed by atoms with E-state index >= 15 is 0 Å². The second kappa shape index (κ2) is 5.08. The summed E-state index contributed by atoms with van der Waals surface area (Å²) < 4.78 is 0. The standard InChI is InChI=1S/C16H20N2O/c1-12-5-8-18(9-6-12)16(19)11-13-2-3-14-4-7-17-15(14)10-13/h2-4,7,10,12,17H,5-6,8-9,11H2,1H3. The van der Waals surface area contributed by atoms with Gasteiger partial charge in [0.15, 0.2) is 0 Å². The molecule has 3 nitrogen and oxygen atoms in total. The summed E-state index contributed by atoms with van der Waals surface area (Å²) in [5, 5.41) is 1.20. The van der Waals surface area contributed by atoms with Gasteiger partial charge >= 0.3 is 0 Å². The number of piperidine rings is 1. The van der Waals surface area contributed by atoms with Crippen molar-refractivity contribution in [1.82, 2.24) is 9.88 Å². The van der Waals surface area contributed by atoms with Crippen molar-refractivity contribution < 1.29 is 4.79 Å². The Morgan fingerprint density at radius 1 is 1.32 bits per heavy atom. The zero-order valence-corrected chi connectivity index (χ0v) is 11.4. The molecule has 1 N–H and O–H groups in total. The summed E-state index contributed by atoms with van der Waals surface area (Å²) in [7, 11) is 0. The third-order valence-corrected chi connectivity index (χ3v) is 4.11. The molecule has 1 aliphatic heterocycles. The minimum absolute atomic E-state index is 0.262. The molecule has 0 radical (unpaired) electrons. The second-order valence-corrected chi connectivity index (χ2v) is 5.64. The number of benzene rings is 1. The van der Waals surface area contributed by atoms with Gasteiger partial charge in [-0.15, -0.1) is 0 Å². The van der Waals surface area contributed by atoms with Gasteiger partial charge in [0.2, 0.25) is 5.91 Å². The van der Waals surface area contributed by atoms with Crippen LogP contribution in [-0.2, 0) is 11.2 Å². The van der Waals surface area contributed by atoms with Gasteiger partial charge in [0.1, 0.15) is 0 Å². The van der Waals surface area contributed by atoms with Crippen molar-refractivity contribution in [2.45, 2.75) is 26.2 Å². The van der Waals surface area contributed by atoms with Crippen molar-refractivity contribution in [2.75, 3.05) is 13.1 Å². The van der Waals surface area contributed by atoms with Crippen LogP contribution in [0.25, 0.3) is 10.9 Å². The lowest BCUT2D eigenvalue weighted by atomic mass is 9.98. The Morgan fingerprint density at radius 3 is 2.89 bits per heavy atom. The predicted octanol–water partition coefficient (Wildman–Crippen LogP) is 2.97. The van der Waals surface area contributed by atoms with E-state index in [1.165, 1.54) is 5.39 Å². The van der Waals surface area contributed by atoms with E-state index in [0.29, 0.717) is 6.42 Å². The highest BCUT2D eigenvalue weighted by atomic mass is 16.2. The molecule has 2 heterocycles. The Balaban J connectivity index is 1.68. The fourth-order valence-corrected chi connectivity index (χ4v) is 2.75. The first kappa shape index (κ1) is 12.3. The lowest BCUT2D eigenvalue weighted by Crippen LogP contribution is -2.38. The first-order valence-corrected chi connectivity index (χ1v) is 7.06. The quantitative estimate of drug-likeness (QED) is 0.881. The van der Waals surface area contributed by atoms with Crippen LogP contribution < -0.4 is 0 Å². The average molecular weight is 256 g/mol. The van der Waals surface area contributed by atoms with Gasteiger partial charge in [-0.1, -0.05) is 19.1 Å². The molecule has 1 amide bonds. The number of carbonyl (C=O) groups excluding carboxylic acids is 1. The molecular formula is C16H20N2O. The maximum atomic E-state index is 12.3. The van der Waals surface area contributed by atoms with Crippen LogP contribution in [0.5, 0.6) is 0 Å². The van der Waals surface area contributed by atoms with Crippen LogP contribution >= 0.6 is 0 Å². The normalized spacial score (nSPS) is 17.0. The van der Waals surface area contributed by atoms with E-state index in [2.05, 4.69) is 30.1 Å².